The standard InChI is InChI=1S/C32H38N2S/c1-4-18-35-30-25(20-33)28(21-10-6-5-7-11-21)24-19-27-23-14-13-22-12-8-9-16-31(22,2)26(23)15-17-32(27,3)29(24)34-30/h4-7,10-11,22-23,26-27H,1,8-9,12-19H2,2-3H3/t22-,23-,26+,27-,31+,32+/m1/s1. The second-order valence-electron chi connectivity index (χ2n) is 12.1. The molecule has 0 spiro atoms. The monoisotopic (exact) mass is 482 g/mol. The summed E-state index contributed by atoms with van der Waals surface area (Å²) in [5.41, 5.74) is 6.44. The fraction of sp³-hybridized carbons (Fsp3) is 0.562. The summed E-state index contributed by atoms with van der Waals surface area (Å²) in [6.45, 7) is 9.09. The van der Waals surface area contributed by atoms with E-state index in [-0.39, 0.29) is 5.41 Å². The molecule has 1 aromatic heterocycles. The maximum absolute atomic E-state index is 10.3. The summed E-state index contributed by atoms with van der Waals surface area (Å²) < 4.78 is 0. The van der Waals surface area contributed by atoms with E-state index in [9.17, 15) is 5.26 Å². The van der Waals surface area contributed by atoms with Crippen molar-refractivity contribution in [3.8, 4) is 17.2 Å². The van der Waals surface area contributed by atoms with Gasteiger partial charge in [-0.25, -0.2) is 4.98 Å². The molecule has 2 aromatic rings. The number of nitrogens with zero attached hydrogens (tertiary/aromatic N) is 2. The molecule has 2 nitrogen and oxygen atoms in total. The Kier molecular flexibility index (Phi) is 5.88. The number of fused-ring (bicyclic) bond motifs is 7. The maximum Gasteiger partial charge on any atom is 0.115 e. The van der Waals surface area contributed by atoms with Crippen molar-refractivity contribution in [1.82, 2.24) is 4.98 Å². The molecule has 35 heavy (non-hydrogen) atoms. The lowest BCUT2D eigenvalue weighted by Gasteiger charge is -2.59. The molecule has 6 rings (SSSR count). The van der Waals surface area contributed by atoms with E-state index >= 15 is 0 Å². The van der Waals surface area contributed by atoms with Crippen LogP contribution in [-0.4, -0.2) is 10.7 Å². The zero-order valence-electron chi connectivity index (χ0n) is 21.4. The number of hydrogen-bond acceptors (Lipinski definition) is 3. The molecule has 0 amide bonds. The van der Waals surface area contributed by atoms with E-state index in [0.29, 0.717) is 11.3 Å². The number of rotatable bonds is 4. The highest BCUT2D eigenvalue weighted by molar-refractivity contribution is 7.99. The van der Waals surface area contributed by atoms with Gasteiger partial charge in [-0.05, 0) is 85.2 Å². The summed E-state index contributed by atoms with van der Waals surface area (Å²) in [5.74, 6) is 4.02. The first kappa shape index (κ1) is 23.4. The molecule has 0 aliphatic heterocycles. The van der Waals surface area contributed by atoms with E-state index in [4.69, 9.17) is 4.98 Å². The van der Waals surface area contributed by atoms with Crippen LogP contribution in [-0.2, 0) is 11.8 Å². The molecule has 1 heterocycles. The number of hydrogen-bond donors (Lipinski definition) is 0. The minimum absolute atomic E-state index is 0.120. The lowest BCUT2D eigenvalue weighted by molar-refractivity contribution is -0.0908. The Morgan fingerprint density at radius 2 is 1.91 bits per heavy atom. The molecule has 6 atom stereocenters. The summed E-state index contributed by atoms with van der Waals surface area (Å²) in [5, 5.41) is 11.2. The van der Waals surface area contributed by atoms with Crippen molar-refractivity contribution in [3.63, 3.8) is 0 Å². The molecule has 1 aromatic carbocycles. The Morgan fingerprint density at radius 3 is 2.69 bits per heavy atom. The maximum atomic E-state index is 10.3. The first-order chi connectivity index (χ1) is 17.0. The Morgan fingerprint density at radius 1 is 1.09 bits per heavy atom. The highest BCUT2D eigenvalue weighted by atomic mass is 32.2. The second-order valence-corrected chi connectivity index (χ2v) is 13.1. The average Bonchev–Trinajstić information content (AvgIpc) is 3.18. The fourth-order valence-corrected chi connectivity index (χ4v) is 9.77. The van der Waals surface area contributed by atoms with Gasteiger partial charge in [0.25, 0.3) is 0 Å². The largest absolute Gasteiger partial charge is 0.244 e. The van der Waals surface area contributed by atoms with E-state index in [2.05, 4.69) is 56.8 Å². The molecule has 0 bridgehead atoms. The lowest BCUT2D eigenvalue weighted by atomic mass is 9.45. The van der Waals surface area contributed by atoms with Crippen molar-refractivity contribution in [2.24, 2.45) is 29.1 Å². The van der Waals surface area contributed by atoms with E-state index in [1.165, 1.54) is 68.2 Å². The molecular formula is C32H38N2S. The molecule has 3 heteroatoms. The summed E-state index contributed by atoms with van der Waals surface area (Å²) in [6, 6.07) is 13.2. The van der Waals surface area contributed by atoms with Gasteiger partial charge in [0.05, 0.1) is 11.3 Å². The molecule has 182 valence electrons. The van der Waals surface area contributed by atoms with E-state index in [0.717, 1.165) is 46.1 Å². The molecular weight excluding hydrogens is 444 g/mol. The third-order valence-electron chi connectivity index (χ3n) is 10.7. The molecule has 3 saturated carbocycles. The van der Waals surface area contributed by atoms with E-state index < -0.39 is 0 Å². The third kappa shape index (κ3) is 3.46. The van der Waals surface area contributed by atoms with Gasteiger partial charge in [-0.15, -0.1) is 18.3 Å². The first-order valence-corrected chi connectivity index (χ1v) is 14.8. The third-order valence-corrected chi connectivity index (χ3v) is 11.7. The number of thioether (sulfide) groups is 1. The first-order valence-electron chi connectivity index (χ1n) is 13.8. The van der Waals surface area contributed by atoms with Crippen LogP contribution < -0.4 is 0 Å². The Labute approximate surface area is 215 Å². The van der Waals surface area contributed by atoms with Gasteiger partial charge in [0.2, 0.25) is 0 Å². The van der Waals surface area contributed by atoms with Crippen molar-refractivity contribution >= 4 is 11.8 Å². The van der Waals surface area contributed by atoms with E-state index in [1.54, 1.807) is 11.8 Å². The number of pyridine rings is 1. The summed E-state index contributed by atoms with van der Waals surface area (Å²) in [6.07, 6.45) is 14.2. The molecule has 0 saturated heterocycles. The van der Waals surface area contributed by atoms with Gasteiger partial charge in [0, 0.05) is 16.7 Å². The van der Waals surface area contributed by atoms with Gasteiger partial charge in [0.1, 0.15) is 11.1 Å². The van der Waals surface area contributed by atoms with Crippen LogP contribution in [0.3, 0.4) is 0 Å². The zero-order chi connectivity index (χ0) is 24.2. The predicted molar refractivity (Wildman–Crippen MR) is 145 cm³/mol. The van der Waals surface area contributed by atoms with Gasteiger partial charge in [-0.1, -0.05) is 63.1 Å². The minimum Gasteiger partial charge on any atom is -0.244 e. The zero-order valence-corrected chi connectivity index (χ0v) is 22.2. The van der Waals surface area contributed by atoms with Crippen LogP contribution in [0.1, 0.15) is 82.0 Å². The lowest BCUT2D eigenvalue weighted by Crippen LogP contribution is -2.53. The van der Waals surface area contributed by atoms with Crippen LogP contribution in [0.5, 0.6) is 0 Å². The molecule has 3 fully saturated rings. The van der Waals surface area contributed by atoms with Crippen molar-refractivity contribution < 1.29 is 0 Å². The summed E-state index contributed by atoms with van der Waals surface area (Å²) >= 11 is 1.67. The van der Waals surface area contributed by atoms with Crippen LogP contribution >= 0.6 is 11.8 Å². The van der Waals surface area contributed by atoms with Crippen molar-refractivity contribution in [3.05, 3.63) is 59.8 Å². The molecule has 0 radical (unpaired) electrons. The fourth-order valence-electron chi connectivity index (χ4n) is 9.05. The predicted octanol–water partition coefficient (Wildman–Crippen LogP) is 8.34. The Hall–Kier alpha value is -2.05. The molecule has 0 N–H and O–H groups in total. The molecule has 0 unspecified atom stereocenters. The van der Waals surface area contributed by atoms with Gasteiger partial charge in [-0.2, -0.15) is 5.26 Å². The van der Waals surface area contributed by atoms with Gasteiger partial charge < -0.3 is 0 Å². The van der Waals surface area contributed by atoms with Gasteiger partial charge in [0.15, 0.2) is 0 Å². The van der Waals surface area contributed by atoms with Crippen molar-refractivity contribution in [1.29, 1.82) is 5.26 Å². The quantitative estimate of drug-likeness (QED) is 0.324. The average molecular weight is 483 g/mol. The number of aromatic nitrogens is 1. The van der Waals surface area contributed by atoms with Crippen molar-refractivity contribution in [2.75, 3.05) is 5.75 Å². The normalized spacial score (nSPS) is 35.2. The highest BCUT2D eigenvalue weighted by Gasteiger charge is 2.59. The summed E-state index contributed by atoms with van der Waals surface area (Å²) in [4.78, 5) is 5.33. The smallest absolute Gasteiger partial charge is 0.115 e. The Balaban J connectivity index is 1.48. The highest BCUT2D eigenvalue weighted by Crippen LogP contribution is 2.66. The Bertz CT molecular complexity index is 1180. The van der Waals surface area contributed by atoms with Crippen LogP contribution in [0.15, 0.2) is 48.0 Å². The topological polar surface area (TPSA) is 36.7 Å². The number of benzene rings is 1. The van der Waals surface area contributed by atoms with Crippen LogP contribution in [0.4, 0.5) is 0 Å². The summed E-state index contributed by atoms with van der Waals surface area (Å²) in [7, 11) is 0. The molecule has 4 aliphatic carbocycles. The van der Waals surface area contributed by atoms with Crippen molar-refractivity contribution in [2.45, 2.75) is 82.1 Å². The van der Waals surface area contributed by atoms with Crippen LogP contribution in [0.25, 0.3) is 11.1 Å². The SMILES string of the molecule is C=CCSc1nc2c(c(-c3ccccc3)c1C#N)C[C@@H]1[C@@H]3CC[C@H]4CCCC[C@]4(C)[C@H]3CC[C@]21C. The van der Waals surface area contributed by atoms with Gasteiger partial charge >= 0.3 is 0 Å². The van der Waals surface area contributed by atoms with Crippen LogP contribution in [0.2, 0.25) is 0 Å². The number of nitriles is 1. The van der Waals surface area contributed by atoms with E-state index in [1.807, 2.05) is 6.08 Å². The second kappa shape index (κ2) is 8.81. The van der Waals surface area contributed by atoms with Crippen LogP contribution in [0, 0.1) is 40.4 Å². The van der Waals surface area contributed by atoms with Gasteiger partial charge in [-0.3, -0.25) is 0 Å². The molecule has 4 aliphatic rings. The minimum atomic E-state index is 0.120.